The number of rotatable bonds is 7. The lowest BCUT2D eigenvalue weighted by Gasteiger charge is -2.51. The molecule has 1 aromatic carbocycles. The van der Waals surface area contributed by atoms with Crippen molar-refractivity contribution in [1.29, 1.82) is 0 Å². The summed E-state index contributed by atoms with van der Waals surface area (Å²) >= 11 is 0.889. The van der Waals surface area contributed by atoms with Gasteiger partial charge in [-0.25, -0.2) is 4.79 Å². The number of non-ortho nitro benzene ring substituents is 1. The highest BCUT2D eigenvalue weighted by atomic mass is 32.2. The monoisotopic (exact) mass is 497 g/mol. The zero-order chi connectivity index (χ0) is 25.9. The van der Waals surface area contributed by atoms with Gasteiger partial charge in [0.05, 0.1) is 26.9 Å². The number of nitro benzene ring substituents is 3. The van der Waals surface area contributed by atoms with Crippen LogP contribution in [0, 0.1) is 30.3 Å². The summed E-state index contributed by atoms with van der Waals surface area (Å²) in [5.74, 6) is -4.98. The average Bonchev–Trinajstić information content (AvgIpc) is 2.98. The van der Waals surface area contributed by atoms with Crippen LogP contribution in [0.15, 0.2) is 12.1 Å². The van der Waals surface area contributed by atoms with Crippen molar-refractivity contribution in [2.24, 2.45) is 0 Å². The van der Waals surface area contributed by atoms with E-state index in [1.165, 1.54) is 13.8 Å². The Bertz CT molecular complexity index is 1180. The summed E-state index contributed by atoms with van der Waals surface area (Å²) in [6, 6.07) is -0.682. The van der Waals surface area contributed by atoms with Crippen LogP contribution in [0.5, 0.6) is 0 Å². The number of hydrogen-bond acceptors (Lipinski definition) is 11. The highest BCUT2D eigenvalue weighted by Crippen LogP contribution is 2.55. The van der Waals surface area contributed by atoms with Gasteiger partial charge in [0.2, 0.25) is 5.54 Å². The zero-order valence-corrected chi connectivity index (χ0v) is 18.4. The molecule has 0 saturated carbocycles. The quantitative estimate of drug-likeness (QED) is 0.228. The van der Waals surface area contributed by atoms with Crippen LogP contribution in [0.4, 0.5) is 17.1 Å². The Balaban J connectivity index is 2.14. The van der Waals surface area contributed by atoms with Crippen LogP contribution >= 0.6 is 11.8 Å². The van der Waals surface area contributed by atoms with Crippen LogP contribution in [0.25, 0.3) is 0 Å². The molecule has 0 radical (unpaired) electrons. The van der Waals surface area contributed by atoms with Gasteiger partial charge < -0.3 is 15.3 Å². The van der Waals surface area contributed by atoms with E-state index >= 15 is 0 Å². The Hall–Kier alpha value is -4.15. The number of carboxylic acids is 1. The molecule has 3 atom stereocenters. The lowest BCUT2D eigenvalue weighted by molar-refractivity contribution is -0.403. The van der Waals surface area contributed by atoms with Gasteiger partial charge in [-0.3, -0.25) is 44.7 Å². The molecule has 0 bridgehead atoms. The highest BCUT2D eigenvalue weighted by molar-refractivity contribution is 8.01. The van der Waals surface area contributed by atoms with E-state index in [0.29, 0.717) is 12.1 Å². The Morgan fingerprint density at radius 1 is 1.06 bits per heavy atom. The molecule has 2 aliphatic heterocycles. The van der Waals surface area contributed by atoms with Gasteiger partial charge >= 0.3 is 5.97 Å². The highest BCUT2D eigenvalue weighted by Gasteiger charge is 2.74. The van der Waals surface area contributed by atoms with Crippen molar-refractivity contribution >= 4 is 52.4 Å². The fourth-order valence-electron chi connectivity index (χ4n) is 4.05. The summed E-state index contributed by atoms with van der Waals surface area (Å²) in [4.78, 5) is 81.6. The van der Waals surface area contributed by atoms with Crippen molar-refractivity contribution in [3.8, 4) is 0 Å². The number of benzene rings is 1. The van der Waals surface area contributed by atoms with Crippen LogP contribution in [-0.2, 0) is 14.4 Å². The summed E-state index contributed by atoms with van der Waals surface area (Å²) in [5, 5.41) is 44.3. The third kappa shape index (κ3) is 3.31. The van der Waals surface area contributed by atoms with Gasteiger partial charge in [-0.05, 0) is 20.8 Å². The number of β-lactam (4-membered cyclic amide) rings is 1. The number of nitrogens with zero attached hydrogens (tertiary/aromatic N) is 4. The predicted octanol–water partition coefficient (Wildman–Crippen LogP) is 0.616. The molecule has 2 aliphatic rings. The molecule has 0 unspecified atom stereocenters. The second kappa shape index (κ2) is 7.72. The zero-order valence-electron chi connectivity index (χ0n) is 17.5. The van der Waals surface area contributed by atoms with E-state index in [-0.39, 0.29) is 0 Å². The van der Waals surface area contributed by atoms with E-state index in [2.05, 4.69) is 0 Å². The van der Waals surface area contributed by atoms with Crippen molar-refractivity contribution in [2.45, 2.75) is 42.5 Å². The molecular weight excluding hydrogens is 482 g/mol. The molecule has 2 N–H and O–H groups in total. The van der Waals surface area contributed by atoms with Crippen molar-refractivity contribution in [2.75, 3.05) is 0 Å². The maximum Gasteiger partial charge on any atom is 0.327 e. The van der Waals surface area contributed by atoms with E-state index in [1.807, 2.05) is 5.32 Å². The number of nitro groups is 3. The molecule has 180 valence electrons. The standard InChI is InChI=1S/C17H15N5O11S/c1-6(23)17(14(27)19-11(13(25)26)16(2,3)34-15(17)19)18-12(24)10-8(21(30)31)4-7(20(28)29)5-9(10)22(32)33/h4-5,11,15H,1-3H3,(H,18,24)(H,25,26)/t11-,15+,17-/m0/s1. The number of carbonyl (C=O) groups excluding carboxylic acids is 3. The minimum absolute atomic E-state index is 0.338. The van der Waals surface area contributed by atoms with Gasteiger partial charge in [-0.15, -0.1) is 11.8 Å². The van der Waals surface area contributed by atoms with Crippen molar-refractivity contribution in [1.82, 2.24) is 10.2 Å². The van der Waals surface area contributed by atoms with E-state index < -0.39 is 82.7 Å². The van der Waals surface area contributed by atoms with E-state index in [9.17, 15) is 54.6 Å². The topological polar surface area (TPSA) is 233 Å². The molecule has 1 aromatic rings. The number of amides is 2. The van der Waals surface area contributed by atoms with Crippen LogP contribution in [0.1, 0.15) is 31.1 Å². The smallest absolute Gasteiger partial charge is 0.327 e. The number of fused-ring (bicyclic) bond motifs is 1. The number of hydrogen-bond donors (Lipinski definition) is 2. The number of carboxylic acid groups (broad SMARTS) is 1. The summed E-state index contributed by atoms with van der Waals surface area (Å²) < 4.78 is -1.10. The summed E-state index contributed by atoms with van der Waals surface area (Å²) in [6.07, 6.45) is 0. The average molecular weight is 497 g/mol. The lowest BCUT2D eigenvalue weighted by atomic mass is 9.81. The van der Waals surface area contributed by atoms with Crippen LogP contribution in [0.3, 0.4) is 0 Å². The largest absolute Gasteiger partial charge is 0.480 e. The molecule has 34 heavy (non-hydrogen) atoms. The lowest BCUT2D eigenvalue weighted by Crippen LogP contribution is -2.82. The van der Waals surface area contributed by atoms with Crippen LogP contribution in [0.2, 0.25) is 0 Å². The molecule has 2 heterocycles. The normalized spacial score (nSPS) is 24.6. The molecule has 0 aromatic heterocycles. The molecule has 17 heteroatoms. The minimum atomic E-state index is -2.35. The fourth-order valence-corrected chi connectivity index (χ4v) is 5.80. The van der Waals surface area contributed by atoms with Gasteiger partial charge in [0.25, 0.3) is 28.9 Å². The number of thioether (sulfide) groups is 1. The Morgan fingerprint density at radius 3 is 1.94 bits per heavy atom. The molecule has 3 rings (SSSR count). The number of nitrogens with one attached hydrogen (secondary N) is 1. The van der Waals surface area contributed by atoms with Crippen molar-refractivity contribution < 1.29 is 39.1 Å². The van der Waals surface area contributed by atoms with Gasteiger partial charge in [-0.1, -0.05) is 0 Å². The Labute approximate surface area is 192 Å². The summed E-state index contributed by atoms with van der Waals surface area (Å²) in [5.41, 5.74) is -7.16. The van der Waals surface area contributed by atoms with E-state index in [4.69, 9.17) is 0 Å². The third-order valence-electron chi connectivity index (χ3n) is 5.56. The van der Waals surface area contributed by atoms with Gasteiger partial charge in [0, 0.05) is 4.75 Å². The first-order valence-corrected chi connectivity index (χ1v) is 10.1. The second-order valence-electron chi connectivity index (χ2n) is 7.98. The van der Waals surface area contributed by atoms with E-state index in [1.54, 1.807) is 0 Å². The number of Topliss-reactive ketones (excluding diaryl/α,β-unsaturated/α-hetero) is 1. The first kappa shape index (κ1) is 24.5. The fraction of sp³-hybridized carbons (Fsp3) is 0.412. The molecule has 0 spiro atoms. The van der Waals surface area contributed by atoms with Gasteiger partial charge in [0.1, 0.15) is 11.4 Å². The number of carbonyl (C=O) groups is 4. The maximum absolute atomic E-state index is 13.1. The Kier molecular flexibility index (Phi) is 5.56. The van der Waals surface area contributed by atoms with Crippen molar-refractivity contribution in [3.63, 3.8) is 0 Å². The van der Waals surface area contributed by atoms with Crippen LogP contribution < -0.4 is 5.32 Å². The maximum atomic E-state index is 13.1. The first-order valence-electron chi connectivity index (χ1n) is 9.26. The summed E-state index contributed by atoms with van der Waals surface area (Å²) in [7, 11) is 0. The minimum Gasteiger partial charge on any atom is -0.480 e. The molecule has 0 aliphatic carbocycles. The van der Waals surface area contributed by atoms with Crippen molar-refractivity contribution in [3.05, 3.63) is 48.0 Å². The predicted molar refractivity (Wildman–Crippen MR) is 111 cm³/mol. The summed E-state index contributed by atoms with van der Waals surface area (Å²) in [6.45, 7) is 3.93. The molecule has 2 amide bonds. The third-order valence-corrected chi connectivity index (χ3v) is 7.19. The second-order valence-corrected chi connectivity index (χ2v) is 9.71. The van der Waals surface area contributed by atoms with E-state index in [0.717, 1.165) is 23.6 Å². The van der Waals surface area contributed by atoms with Crippen LogP contribution in [-0.4, -0.2) is 70.0 Å². The molecule has 2 fully saturated rings. The number of aliphatic carboxylic acids is 1. The number of ketones is 1. The molecule has 16 nitrogen and oxygen atoms in total. The first-order chi connectivity index (χ1) is 15.6. The molecule has 2 saturated heterocycles. The SMILES string of the molecule is CC(=O)[C@]1(NC(=O)c2c([N+](=O)[O-])cc([N+](=O)[O-])cc2[N+](=O)[O-])C(=O)N2[C@@H](C(=O)O)C(C)(C)S[C@@H]21. The van der Waals surface area contributed by atoms with Gasteiger partial charge in [-0.2, -0.15) is 0 Å². The molecular formula is C17H15N5O11S. The van der Waals surface area contributed by atoms with Gasteiger partial charge in [0.15, 0.2) is 11.3 Å². The Morgan fingerprint density at radius 2 is 1.56 bits per heavy atom.